The van der Waals surface area contributed by atoms with Crippen molar-refractivity contribution in [2.75, 3.05) is 13.1 Å². The lowest BCUT2D eigenvalue weighted by Crippen LogP contribution is -2.78. The van der Waals surface area contributed by atoms with Crippen molar-refractivity contribution < 1.29 is 30.8 Å². The molecule has 5 aliphatic rings. The van der Waals surface area contributed by atoms with E-state index in [9.17, 15) is 30.8 Å². The van der Waals surface area contributed by atoms with Gasteiger partial charge >= 0.3 is 6.18 Å². The zero-order valence-corrected chi connectivity index (χ0v) is 25.4. The molecule has 0 unspecified atom stereocenters. The van der Waals surface area contributed by atoms with Gasteiger partial charge in [0.2, 0.25) is 15.9 Å². The van der Waals surface area contributed by atoms with Gasteiger partial charge in [0, 0.05) is 30.6 Å². The number of hydrogen-bond acceptors (Lipinski definition) is 5. The molecule has 1 saturated heterocycles. The fraction of sp³-hybridized carbons (Fsp3) is 0.533. The van der Waals surface area contributed by atoms with E-state index in [0.29, 0.717) is 30.7 Å². The highest BCUT2D eigenvalue weighted by Gasteiger charge is 2.75. The van der Waals surface area contributed by atoms with Gasteiger partial charge in [-0.2, -0.15) is 17.5 Å². The van der Waals surface area contributed by atoms with E-state index in [4.69, 9.17) is 16.6 Å². The number of amidine groups is 1. The number of alkyl halides is 3. The Morgan fingerprint density at radius 1 is 1.09 bits per heavy atom. The van der Waals surface area contributed by atoms with Crippen LogP contribution in [0, 0.1) is 17.2 Å². The van der Waals surface area contributed by atoms with Gasteiger partial charge in [-0.05, 0) is 75.8 Å². The van der Waals surface area contributed by atoms with Crippen LogP contribution in [0.15, 0.2) is 58.4 Å². The molecule has 13 heteroatoms. The first-order valence-corrected chi connectivity index (χ1v) is 16.1. The summed E-state index contributed by atoms with van der Waals surface area (Å²) in [6.45, 7) is 3.68. The van der Waals surface area contributed by atoms with Crippen LogP contribution in [-0.2, 0) is 21.4 Å². The Kier molecular flexibility index (Phi) is 7.17. The van der Waals surface area contributed by atoms with E-state index >= 15 is 0 Å². The van der Waals surface area contributed by atoms with E-state index < -0.39 is 50.5 Å². The van der Waals surface area contributed by atoms with Gasteiger partial charge in [0.1, 0.15) is 17.7 Å². The van der Waals surface area contributed by atoms with Crippen molar-refractivity contribution in [1.82, 2.24) is 14.5 Å². The number of benzene rings is 2. The number of nitrogens with one attached hydrogen (secondary N) is 1. The molecule has 232 valence electrons. The normalized spacial score (nSPS) is 28.6. The number of nitrogens with zero attached hydrogens (tertiary/aromatic N) is 3. The summed E-state index contributed by atoms with van der Waals surface area (Å²) >= 11 is 5.86. The molecule has 7 nitrogen and oxygen atoms in total. The summed E-state index contributed by atoms with van der Waals surface area (Å²) in [7, 11) is -3.95. The second-order valence-electron chi connectivity index (χ2n) is 12.9. The molecule has 1 N–H and O–H groups in total. The first-order chi connectivity index (χ1) is 20.1. The summed E-state index contributed by atoms with van der Waals surface area (Å²) in [4.78, 5) is 20.0. The van der Waals surface area contributed by atoms with Crippen LogP contribution in [0.5, 0.6) is 0 Å². The first-order valence-electron chi connectivity index (χ1n) is 14.3. The monoisotopic (exact) mass is 640 g/mol. The highest BCUT2D eigenvalue weighted by atomic mass is 35.5. The smallest absolute Gasteiger partial charge is 0.360 e. The van der Waals surface area contributed by atoms with Gasteiger partial charge in [-0.1, -0.05) is 35.9 Å². The van der Waals surface area contributed by atoms with Crippen molar-refractivity contribution in [2.45, 2.75) is 80.7 Å². The number of piperidine rings is 1. The number of likely N-dealkylation sites (tertiary alicyclic amines) is 1. The Morgan fingerprint density at radius 2 is 1.72 bits per heavy atom. The molecule has 2 aromatic carbocycles. The molecular weight excluding hydrogens is 608 g/mol. The minimum Gasteiger partial charge on any atom is -0.360 e. The third kappa shape index (κ3) is 5.12. The van der Waals surface area contributed by atoms with E-state index in [-0.39, 0.29) is 48.3 Å². The predicted octanol–water partition coefficient (Wildman–Crippen LogP) is 5.54. The standard InChI is InChI=1S/C30H33ClF4N4O3S/c1-27(2)24(25(40)38-12-10-20(11-13-38)30(33,34)35)36-26(37-27)28-16-29(17-28,18-28)39(15-19-8-9-22(31)23(32)14-19)43(41,42)21-6-4-3-5-7-21/h3-9,14,20,24H,10-13,15-18H2,1-2H3,(H,36,37)/t24-,28?,29?/m0/s1. The van der Waals surface area contributed by atoms with Crippen LogP contribution in [0.3, 0.4) is 0 Å². The number of rotatable bonds is 7. The average Bonchev–Trinajstić information content (AvgIpc) is 3.22. The van der Waals surface area contributed by atoms with Crippen molar-refractivity contribution in [3.63, 3.8) is 0 Å². The summed E-state index contributed by atoms with van der Waals surface area (Å²) in [5.74, 6) is -1.67. The van der Waals surface area contributed by atoms with E-state index in [1.807, 2.05) is 13.8 Å². The Labute approximate surface area is 253 Å². The van der Waals surface area contributed by atoms with Crippen LogP contribution in [0.25, 0.3) is 0 Å². The fourth-order valence-electron chi connectivity index (χ4n) is 7.22. The number of aliphatic imine (C=N–C) groups is 1. The molecular formula is C30H33ClF4N4O3S. The van der Waals surface area contributed by atoms with E-state index in [1.54, 1.807) is 24.3 Å². The number of sulfonamides is 1. The summed E-state index contributed by atoms with van der Waals surface area (Å²) in [6.07, 6.45) is -3.08. The Hall–Kier alpha value is -2.70. The lowest BCUT2D eigenvalue weighted by molar-refractivity contribution is -0.186. The predicted molar refractivity (Wildman–Crippen MR) is 153 cm³/mol. The summed E-state index contributed by atoms with van der Waals surface area (Å²) in [6, 6.07) is 11.6. The lowest BCUT2D eigenvalue weighted by atomic mass is 9.38. The van der Waals surface area contributed by atoms with Crippen LogP contribution in [0.2, 0.25) is 5.02 Å². The maximum atomic E-state index is 14.3. The molecule has 2 aliphatic heterocycles. The van der Waals surface area contributed by atoms with E-state index in [0.717, 1.165) is 0 Å². The third-order valence-corrected chi connectivity index (χ3v) is 11.9. The Morgan fingerprint density at radius 3 is 2.30 bits per heavy atom. The summed E-state index contributed by atoms with van der Waals surface area (Å²) in [5.41, 5.74) is -1.50. The molecule has 3 saturated carbocycles. The molecule has 0 spiro atoms. The molecule has 7 rings (SSSR count). The van der Waals surface area contributed by atoms with Crippen molar-refractivity contribution in [1.29, 1.82) is 0 Å². The molecule has 1 atom stereocenters. The van der Waals surface area contributed by atoms with Crippen molar-refractivity contribution in [2.24, 2.45) is 16.3 Å². The highest BCUT2D eigenvalue weighted by molar-refractivity contribution is 7.89. The topological polar surface area (TPSA) is 82.1 Å². The maximum absolute atomic E-state index is 14.3. The minimum absolute atomic E-state index is 0.0399. The molecule has 0 aromatic heterocycles. The SMILES string of the molecule is CC1(C)N=C(C23CC(N(Cc4ccc(Cl)c(F)c4)S(=O)(=O)c4ccccc4)(C2)C3)N[C@H]1C(=O)N1CCC(C(F)(F)F)CC1. The second kappa shape index (κ2) is 10.2. The van der Waals surface area contributed by atoms with E-state index in [1.165, 1.54) is 33.5 Å². The van der Waals surface area contributed by atoms with Gasteiger partial charge in [0.25, 0.3) is 0 Å². The minimum atomic E-state index is -4.26. The maximum Gasteiger partial charge on any atom is 0.391 e. The zero-order chi connectivity index (χ0) is 31.0. The number of halogens is 5. The molecule has 2 aromatic rings. The van der Waals surface area contributed by atoms with Gasteiger partial charge in [0.05, 0.1) is 21.4 Å². The van der Waals surface area contributed by atoms with E-state index in [2.05, 4.69) is 5.32 Å². The van der Waals surface area contributed by atoms with Crippen molar-refractivity contribution >= 4 is 33.4 Å². The third-order valence-electron chi connectivity index (χ3n) is 9.58. The van der Waals surface area contributed by atoms with Crippen LogP contribution in [0.1, 0.15) is 51.5 Å². The number of carbonyl (C=O) groups is 1. The zero-order valence-electron chi connectivity index (χ0n) is 23.8. The van der Waals surface area contributed by atoms with Gasteiger partial charge < -0.3 is 10.2 Å². The van der Waals surface area contributed by atoms with Crippen molar-refractivity contribution in [3.05, 3.63) is 64.9 Å². The molecule has 4 fully saturated rings. The Bertz CT molecular complexity index is 1550. The molecule has 3 aliphatic carbocycles. The lowest BCUT2D eigenvalue weighted by Gasteiger charge is -2.72. The quantitative estimate of drug-likeness (QED) is 0.403. The fourth-order valence-corrected chi connectivity index (χ4v) is 9.12. The molecule has 43 heavy (non-hydrogen) atoms. The van der Waals surface area contributed by atoms with Crippen molar-refractivity contribution in [3.8, 4) is 0 Å². The molecule has 2 bridgehead atoms. The van der Waals surface area contributed by atoms with Crippen LogP contribution in [0.4, 0.5) is 17.6 Å². The Balaban J connectivity index is 1.19. The number of carbonyl (C=O) groups excluding carboxylic acids is 1. The number of amides is 1. The van der Waals surface area contributed by atoms with Crippen LogP contribution >= 0.6 is 11.6 Å². The second-order valence-corrected chi connectivity index (χ2v) is 15.2. The average molecular weight is 641 g/mol. The number of hydrogen-bond donors (Lipinski definition) is 1. The molecule has 2 heterocycles. The summed E-state index contributed by atoms with van der Waals surface area (Å²) in [5, 5.41) is 3.25. The van der Waals surface area contributed by atoms with Gasteiger partial charge in [-0.3, -0.25) is 9.79 Å². The van der Waals surface area contributed by atoms with Gasteiger partial charge in [0.15, 0.2) is 0 Å². The largest absolute Gasteiger partial charge is 0.391 e. The molecule has 1 amide bonds. The highest BCUT2D eigenvalue weighted by Crippen LogP contribution is 2.71. The summed E-state index contributed by atoms with van der Waals surface area (Å²) < 4.78 is 83.0. The molecule has 0 radical (unpaired) electrons. The first kappa shape index (κ1) is 30.3. The van der Waals surface area contributed by atoms with Crippen LogP contribution in [-0.4, -0.2) is 65.8 Å². The van der Waals surface area contributed by atoms with Crippen LogP contribution < -0.4 is 5.32 Å². The van der Waals surface area contributed by atoms with Gasteiger partial charge in [-0.15, -0.1) is 0 Å². The van der Waals surface area contributed by atoms with Gasteiger partial charge in [-0.25, -0.2) is 12.8 Å².